The first-order chi connectivity index (χ1) is 11.7. The van der Waals surface area contributed by atoms with Crippen molar-refractivity contribution in [3.05, 3.63) is 51.9 Å². The summed E-state index contributed by atoms with van der Waals surface area (Å²) in [5.74, 6) is 0.736. The summed E-state index contributed by atoms with van der Waals surface area (Å²) < 4.78 is 2.08. The van der Waals surface area contributed by atoms with Crippen LogP contribution < -0.4 is 0 Å². The number of nitrogens with one attached hydrogen (secondary N) is 1. The number of aromatic nitrogens is 3. The molecule has 0 amide bonds. The zero-order chi connectivity index (χ0) is 16.3. The van der Waals surface area contributed by atoms with Gasteiger partial charge in [-0.25, -0.2) is 0 Å². The molecule has 0 atom stereocenters. The van der Waals surface area contributed by atoms with Crippen molar-refractivity contribution in [2.24, 2.45) is 7.05 Å². The van der Waals surface area contributed by atoms with Crippen LogP contribution in [0.1, 0.15) is 41.3 Å². The van der Waals surface area contributed by atoms with Crippen molar-refractivity contribution in [1.29, 1.82) is 0 Å². The van der Waals surface area contributed by atoms with E-state index in [0.29, 0.717) is 0 Å². The van der Waals surface area contributed by atoms with Crippen molar-refractivity contribution in [2.45, 2.75) is 38.3 Å². The monoisotopic (exact) mass is 340 g/mol. The summed E-state index contributed by atoms with van der Waals surface area (Å²) in [7, 11) is 2.08. The first-order valence-electron chi connectivity index (χ1n) is 8.72. The van der Waals surface area contributed by atoms with E-state index in [-0.39, 0.29) is 0 Å². The van der Waals surface area contributed by atoms with Gasteiger partial charge in [0.05, 0.1) is 16.7 Å². The Morgan fingerprint density at radius 1 is 1.33 bits per heavy atom. The minimum atomic E-state index is 0.736. The van der Waals surface area contributed by atoms with E-state index in [1.165, 1.54) is 40.7 Å². The summed E-state index contributed by atoms with van der Waals surface area (Å²) >= 11 is 6.35. The van der Waals surface area contributed by atoms with Gasteiger partial charge in [-0.3, -0.25) is 9.58 Å². The minimum absolute atomic E-state index is 0.736. The van der Waals surface area contributed by atoms with Crippen LogP contribution in [0.4, 0.5) is 0 Å². The normalized spacial score (nSPS) is 18.2. The van der Waals surface area contributed by atoms with Gasteiger partial charge in [0.1, 0.15) is 0 Å². The summed E-state index contributed by atoms with van der Waals surface area (Å²) in [6, 6.07) is 6.19. The number of hydrogen-bond acceptors (Lipinski definition) is 2. The third kappa shape index (κ3) is 2.28. The molecule has 0 bridgehead atoms. The average molecular weight is 341 g/mol. The Bertz CT molecular complexity index is 919. The number of hydrogen-bond donors (Lipinski definition) is 1. The molecule has 3 heterocycles. The van der Waals surface area contributed by atoms with Gasteiger partial charge in [-0.2, -0.15) is 5.10 Å². The quantitative estimate of drug-likeness (QED) is 0.782. The van der Waals surface area contributed by atoms with Crippen LogP contribution in [0.25, 0.3) is 10.9 Å². The molecule has 1 aliphatic carbocycles. The lowest BCUT2D eigenvalue weighted by Crippen LogP contribution is -2.30. The van der Waals surface area contributed by atoms with Gasteiger partial charge in [0.25, 0.3) is 0 Å². The van der Waals surface area contributed by atoms with Gasteiger partial charge < -0.3 is 4.98 Å². The fourth-order valence-corrected chi connectivity index (χ4v) is 4.35. The maximum atomic E-state index is 6.35. The van der Waals surface area contributed by atoms with E-state index in [1.807, 2.05) is 12.1 Å². The van der Waals surface area contributed by atoms with Crippen LogP contribution in [-0.4, -0.2) is 26.2 Å². The number of halogens is 1. The third-order valence-electron chi connectivity index (χ3n) is 5.46. The standard InChI is InChI=1S/C19H21ClN4/c1-23-19(12-5-6-12)13(9-21-23)10-24-8-7-17-15(11-24)14-3-2-4-16(20)18(14)22-17/h2-4,9,12,22H,5-8,10-11H2,1H3. The molecular weight excluding hydrogens is 320 g/mol. The predicted octanol–water partition coefficient (Wildman–Crippen LogP) is 3.99. The Balaban J connectivity index is 1.45. The Kier molecular flexibility index (Phi) is 3.25. The molecule has 0 spiro atoms. The Morgan fingerprint density at radius 3 is 3.04 bits per heavy atom. The molecule has 3 aromatic rings. The minimum Gasteiger partial charge on any atom is -0.357 e. The number of rotatable bonds is 3. The van der Waals surface area contributed by atoms with Gasteiger partial charge in [-0.05, 0) is 24.5 Å². The molecule has 0 radical (unpaired) electrons. The lowest BCUT2D eigenvalue weighted by atomic mass is 10.0. The number of H-pyrrole nitrogens is 1. The summed E-state index contributed by atoms with van der Waals surface area (Å²) in [4.78, 5) is 6.08. The van der Waals surface area contributed by atoms with E-state index in [0.717, 1.165) is 42.5 Å². The molecule has 1 aromatic carbocycles. The molecule has 124 valence electrons. The predicted molar refractivity (Wildman–Crippen MR) is 96.3 cm³/mol. The smallest absolute Gasteiger partial charge is 0.0648 e. The second kappa shape index (κ2) is 5.36. The molecule has 5 rings (SSSR count). The molecule has 1 fully saturated rings. The van der Waals surface area contributed by atoms with Crippen LogP contribution in [0.5, 0.6) is 0 Å². The maximum Gasteiger partial charge on any atom is 0.0648 e. The fraction of sp³-hybridized carbons (Fsp3) is 0.421. The highest BCUT2D eigenvalue weighted by Gasteiger charge is 2.30. The highest BCUT2D eigenvalue weighted by atomic mass is 35.5. The van der Waals surface area contributed by atoms with Gasteiger partial charge in [-0.1, -0.05) is 23.7 Å². The Labute approximate surface area is 146 Å². The average Bonchev–Trinajstić information content (AvgIpc) is 3.24. The van der Waals surface area contributed by atoms with E-state index in [1.54, 1.807) is 0 Å². The second-order valence-electron chi connectivity index (χ2n) is 7.16. The van der Waals surface area contributed by atoms with Crippen LogP contribution in [0, 0.1) is 0 Å². The number of fused-ring (bicyclic) bond motifs is 3. The highest BCUT2D eigenvalue weighted by Crippen LogP contribution is 2.42. The van der Waals surface area contributed by atoms with Gasteiger partial charge in [0, 0.05) is 61.4 Å². The van der Waals surface area contributed by atoms with Gasteiger partial charge >= 0.3 is 0 Å². The number of para-hydroxylation sites is 1. The van der Waals surface area contributed by atoms with Crippen LogP contribution >= 0.6 is 11.6 Å². The van der Waals surface area contributed by atoms with Gasteiger partial charge in [-0.15, -0.1) is 0 Å². The summed E-state index contributed by atoms with van der Waals surface area (Å²) in [6.45, 7) is 3.05. The number of nitrogens with zero attached hydrogens (tertiary/aromatic N) is 3. The summed E-state index contributed by atoms with van der Waals surface area (Å²) in [6.07, 6.45) is 5.75. The number of aromatic amines is 1. The SMILES string of the molecule is Cn1ncc(CN2CCc3[nH]c4c(Cl)cccc4c3C2)c1C1CC1. The first kappa shape index (κ1) is 14.6. The van der Waals surface area contributed by atoms with E-state index < -0.39 is 0 Å². The molecule has 24 heavy (non-hydrogen) atoms. The van der Waals surface area contributed by atoms with Crippen molar-refractivity contribution >= 4 is 22.5 Å². The summed E-state index contributed by atoms with van der Waals surface area (Å²) in [5.41, 5.74) is 6.70. The molecule has 2 aliphatic rings. The fourth-order valence-electron chi connectivity index (χ4n) is 4.13. The van der Waals surface area contributed by atoms with Crippen LogP contribution in [0.2, 0.25) is 5.02 Å². The molecule has 2 aromatic heterocycles. The lowest BCUT2D eigenvalue weighted by Gasteiger charge is -2.27. The molecule has 0 saturated heterocycles. The van der Waals surface area contributed by atoms with E-state index in [2.05, 4.69) is 39.0 Å². The lowest BCUT2D eigenvalue weighted by molar-refractivity contribution is 0.245. The van der Waals surface area contributed by atoms with Crippen molar-refractivity contribution < 1.29 is 0 Å². The van der Waals surface area contributed by atoms with Crippen LogP contribution in [0.3, 0.4) is 0 Å². The zero-order valence-electron chi connectivity index (χ0n) is 13.8. The molecule has 0 unspecified atom stereocenters. The van der Waals surface area contributed by atoms with Crippen LogP contribution in [0.15, 0.2) is 24.4 Å². The highest BCUT2D eigenvalue weighted by molar-refractivity contribution is 6.35. The topological polar surface area (TPSA) is 36.9 Å². The molecule has 4 nitrogen and oxygen atoms in total. The van der Waals surface area contributed by atoms with E-state index in [4.69, 9.17) is 11.6 Å². The molecule has 1 saturated carbocycles. The first-order valence-corrected chi connectivity index (χ1v) is 9.09. The molecule has 1 aliphatic heterocycles. The molecule has 5 heteroatoms. The van der Waals surface area contributed by atoms with Crippen molar-refractivity contribution in [3.8, 4) is 0 Å². The number of aryl methyl sites for hydroxylation is 1. The van der Waals surface area contributed by atoms with Crippen molar-refractivity contribution in [1.82, 2.24) is 19.7 Å². The summed E-state index contributed by atoms with van der Waals surface area (Å²) in [5, 5.41) is 6.60. The van der Waals surface area contributed by atoms with Gasteiger partial charge in [0.2, 0.25) is 0 Å². The molecular formula is C19H21ClN4. The van der Waals surface area contributed by atoms with Crippen molar-refractivity contribution in [3.63, 3.8) is 0 Å². The molecule has 1 N–H and O–H groups in total. The third-order valence-corrected chi connectivity index (χ3v) is 5.78. The van der Waals surface area contributed by atoms with E-state index >= 15 is 0 Å². The van der Waals surface area contributed by atoms with Gasteiger partial charge in [0.15, 0.2) is 0 Å². The maximum absolute atomic E-state index is 6.35. The van der Waals surface area contributed by atoms with Crippen LogP contribution in [-0.2, 0) is 26.6 Å². The largest absolute Gasteiger partial charge is 0.357 e. The van der Waals surface area contributed by atoms with Crippen molar-refractivity contribution in [2.75, 3.05) is 6.54 Å². The Hall–Kier alpha value is -1.78. The Morgan fingerprint density at radius 2 is 2.21 bits per heavy atom. The van der Waals surface area contributed by atoms with E-state index in [9.17, 15) is 0 Å². The zero-order valence-corrected chi connectivity index (χ0v) is 14.6. The number of benzene rings is 1. The second-order valence-corrected chi connectivity index (χ2v) is 7.57.